The SMILES string of the molecule is CCCCCCCCC1(CCCCCCCC)OC2C(O1)[C@@H](COC(=O)CCCN1c3cc4oc(=O)c(C(=O)OCC)cc4cc3C(C)CC1(C)C)O[C@H]2n1cc(F)c(=O)[nH]c1=O. The molecule has 0 spiro atoms. The van der Waals surface area contributed by atoms with Crippen LogP contribution in [-0.2, 0) is 28.5 Å². The van der Waals surface area contributed by atoms with Crippen LogP contribution in [0.5, 0.6) is 0 Å². The van der Waals surface area contributed by atoms with E-state index in [4.69, 9.17) is 28.1 Å². The highest BCUT2D eigenvalue weighted by atomic mass is 19.1. The van der Waals surface area contributed by atoms with Gasteiger partial charge in [0.2, 0.25) is 5.82 Å². The molecule has 14 nitrogen and oxygen atoms in total. The van der Waals surface area contributed by atoms with E-state index in [-0.39, 0.29) is 36.7 Å². The monoisotopic (exact) mass is 881 g/mol. The van der Waals surface area contributed by atoms with E-state index in [9.17, 15) is 28.4 Å². The first-order chi connectivity index (χ1) is 30.2. The third kappa shape index (κ3) is 11.5. The van der Waals surface area contributed by atoms with E-state index in [1.807, 2.05) is 17.1 Å². The molecule has 6 rings (SSSR count). The predicted octanol–water partition coefficient (Wildman–Crippen LogP) is 8.95. The average Bonchev–Trinajstić information content (AvgIpc) is 3.77. The van der Waals surface area contributed by atoms with Gasteiger partial charge in [0.15, 0.2) is 12.0 Å². The Morgan fingerprint density at radius 3 is 2.17 bits per heavy atom. The highest BCUT2D eigenvalue weighted by Gasteiger charge is 2.59. The van der Waals surface area contributed by atoms with Crippen LogP contribution in [0.3, 0.4) is 0 Å². The van der Waals surface area contributed by atoms with Crippen LogP contribution >= 0.6 is 0 Å². The zero-order chi connectivity index (χ0) is 45.3. The lowest BCUT2D eigenvalue weighted by Crippen LogP contribution is -2.48. The Morgan fingerprint density at radius 1 is 0.857 bits per heavy atom. The molecule has 1 aromatic carbocycles. The smallest absolute Gasteiger partial charge is 0.351 e. The fourth-order valence-corrected chi connectivity index (χ4v) is 9.72. The fraction of sp³-hybridized carbons (Fsp3) is 0.688. The molecule has 3 aliphatic rings. The molecule has 348 valence electrons. The van der Waals surface area contributed by atoms with E-state index in [1.165, 1.54) is 18.9 Å². The summed E-state index contributed by atoms with van der Waals surface area (Å²) in [6.07, 6.45) is 13.0. The third-order valence-electron chi connectivity index (χ3n) is 12.9. The first-order valence-electron chi connectivity index (χ1n) is 23.4. The van der Waals surface area contributed by atoms with Crippen molar-refractivity contribution in [2.24, 2.45) is 0 Å². The molecule has 0 aliphatic carbocycles. The van der Waals surface area contributed by atoms with Crippen molar-refractivity contribution in [1.82, 2.24) is 9.55 Å². The Kier molecular flexibility index (Phi) is 16.5. The molecule has 1 N–H and O–H groups in total. The van der Waals surface area contributed by atoms with Gasteiger partial charge in [-0.2, -0.15) is 4.39 Å². The molecule has 0 amide bonds. The molecule has 3 aromatic rings. The van der Waals surface area contributed by atoms with Gasteiger partial charge in [-0.3, -0.25) is 19.1 Å². The van der Waals surface area contributed by atoms with Crippen LogP contribution in [0.2, 0.25) is 0 Å². The molecule has 2 aromatic heterocycles. The summed E-state index contributed by atoms with van der Waals surface area (Å²) in [7, 11) is 0. The van der Waals surface area contributed by atoms with E-state index in [0.717, 1.165) is 92.6 Å². The van der Waals surface area contributed by atoms with E-state index >= 15 is 0 Å². The number of ether oxygens (including phenoxy) is 5. The van der Waals surface area contributed by atoms with Gasteiger partial charge in [-0.1, -0.05) is 85.0 Å². The normalized spacial score (nSPS) is 22.3. The minimum absolute atomic E-state index is 0.0925. The number of benzene rings is 1. The molecule has 0 bridgehead atoms. The van der Waals surface area contributed by atoms with Gasteiger partial charge in [-0.15, -0.1) is 0 Å². The maximum Gasteiger partial charge on any atom is 0.351 e. The summed E-state index contributed by atoms with van der Waals surface area (Å²) >= 11 is 0. The van der Waals surface area contributed by atoms with Crippen molar-refractivity contribution in [3.05, 3.63) is 72.6 Å². The topological polar surface area (TPSA) is 169 Å². The number of anilines is 1. The zero-order valence-corrected chi connectivity index (χ0v) is 38.1. The van der Waals surface area contributed by atoms with Gasteiger partial charge >= 0.3 is 23.3 Å². The number of fused-ring (bicyclic) bond motifs is 3. The van der Waals surface area contributed by atoms with Crippen LogP contribution in [0.25, 0.3) is 11.0 Å². The molecular formula is C48H68FN3O11. The Labute approximate surface area is 369 Å². The van der Waals surface area contributed by atoms with Gasteiger partial charge in [0.25, 0.3) is 5.56 Å². The number of carbonyl (C=O) groups is 2. The van der Waals surface area contributed by atoms with E-state index in [1.54, 1.807) is 6.92 Å². The number of nitrogens with one attached hydrogen (secondary N) is 1. The maximum absolute atomic E-state index is 14.7. The van der Waals surface area contributed by atoms with Crippen LogP contribution in [0.4, 0.5) is 10.1 Å². The van der Waals surface area contributed by atoms with Crippen molar-refractivity contribution >= 4 is 28.6 Å². The number of halogens is 1. The van der Waals surface area contributed by atoms with Crippen LogP contribution in [0.15, 0.2) is 43.2 Å². The minimum Gasteiger partial charge on any atom is -0.463 e. The molecule has 2 fully saturated rings. The van der Waals surface area contributed by atoms with Gasteiger partial charge < -0.3 is 33.0 Å². The Morgan fingerprint density at radius 2 is 1.51 bits per heavy atom. The highest BCUT2D eigenvalue weighted by Crippen LogP contribution is 2.48. The van der Waals surface area contributed by atoms with Crippen molar-refractivity contribution in [2.75, 3.05) is 24.7 Å². The van der Waals surface area contributed by atoms with Crippen LogP contribution in [0, 0.1) is 5.82 Å². The Balaban J connectivity index is 1.15. The van der Waals surface area contributed by atoms with Crippen molar-refractivity contribution in [1.29, 1.82) is 0 Å². The Hall–Kier alpha value is -4.34. The van der Waals surface area contributed by atoms with Crippen molar-refractivity contribution in [3.63, 3.8) is 0 Å². The molecule has 3 aliphatic heterocycles. The average molecular weight is 882 g/mol. The van der Waals surface area contributed by atoms with Crippen molar-refractivity contribution < 1.29 is 42.1 Å². The van der Waals surface area contributed by atoms with Gasteiger partial charge in [0.05, 0.1) is 12.8 Å². The molecule has 3 unspecified atom stereocenters. The second-order valence-electron chi connectivity index (χ2n) is 18.3. The summed E-state index contributed by atoms with van der Waals surface area (Å²) < 4.78 is 52.1. The summed E-state index contributed by atoms with van der Waals surface area (Å²) in [6.45, 7) is 12.9. The van der Waals surface area contributed by atoms with Crippen LogP contribution < -0.4 is 21.8 Å². The standard InChI is InChI=1S/C48H68FN3O11/c1-7-10-12-14-16-18-22-48(23-19-17-15-13-11-8-2)62-40-38(60-43(41(40)63-48)51-29-35(49)42(54)50-46(51)57)30-59-39(53)21-20-24-52-36-27-37-32(25-33(36)31(4)28-47(52,5)6)26-34(45(56)61-37)44(55)58-9-3/h25-27,29,31,38,40-41,43H,7-24,28,30H2,1-6H3,(H,50,54,57)/t31?,38-,40?,41?,43-/m1/s1. The summed E-state index contributed by atoms with van der Waals surface area (Å²) in [5.41, 5.74) is -0.906. The lowest BCUT2D eigenvalue weighted by molar-refractivity contribution is -0.229. The molecule has 5 atom stereocenters. The molecule has 5 heterocycles. The number of aromatic nitrogens is 2. The summed E-state index contributed by atoms with van der Waals surface area (Å²) in [5, 5.41) is 0.624. The number of aromatic amines is 1. The number of hydrogen-bond donors (Lipinski definition) is 1. The van der Waals surface area contributed by atoms with Crippen LogP contribution in [-0.4, -0.2) is 70.9 Å². The highest BCUT2D eigenvalue weighted by molar-refractivity contribution is 5.94. The Bertz CT molecular complexity index is 2200. The molecule has 0 saturated carbocycles. The summed E-state index contributed by atoms with van der Waals surface area (Å²) in [5.74, 6) is -3.10. The second kappa shape index (κ2) is 21.6. The summed E-state index contributed by atoms with van der Waals surface area (Å²) in [6, 6.07) is 5.32. The number of nitrogens with zero attached hydrogens (tertiary/aromatic N) is 2. The quantitative estimate of drug-likeness (QED) is 0.0546. The molecular weight excluding hydrogens is 814 g/mol. The first-order valence-corrected chi connectivity index (χ1v) is 23.4. The first kappa shape index (κ1) is 48.1. The van der Waals surface area contributed by atoms with E-state index in [2.05, 4.69) is 39.5 Å². The predicted molar refractivity (Wildman–Crippen MR) is 237 cm³/mol. The van der Waals surface area contributed by atoms with Gasteiger partial charge in [0, 0.05) is 48.5 Å². The number of unbranched alkanes of at least 4 members (excludes halogenated alkanes) is 10. The second-order valence-corrected chi connectivity index (χ2v) is 18.3. The zero-order valence-electron chi connectivity index (χ0n) is 38.1. The van der Waals surface area contributed by atoms with Crippen molar-refractivity contribution in [2.45, 2.75) is 192 Å². The van der Waals surface area contributed by atoms with Gasteiger partial charge in [-0.25, -0.2) is 14.4 Å². The summed E-state index contributed by atoms with van der Waals surface area (Å²) in [4.78, 5) is 68.0. The third-order valence-corrected chi connectivity index (χ3v) is 12.9. The van der Waals surface area contributed by atoms with Crippen LogP contribution in [0.1, 0.15) is 179 Å². The molecule has 0 radical (unpaired) electrons. The number of carbonyl (C=O) groups excluding carboxylic acids is 2. The molecule has 2 saturated heterocycles. The lowest BCUT2D eigenvalue weighted by atomic mass is 9.79. The van der Waals surface area contributed by atoms with E-state index in [0.29, 0.717) is 36.8 Å². The lowest BCUT2D eigenvalue weighted by Gasteiger charge is -2.47. The molecule has 15 heteroatoms. The number of hydrogen-bond acceptors (Lipinski definition) is 12. The number of rotatable bonds is 23. The van der Waals surface area contributed by atoms with Gasteiger partial charge in [0.1, 0.15) is 36.1 Å². The minimum atomic E-state index is -1.14. The maximum atomic E-state index is 14.7. The fourth-order valence-electron chi connectivity index (χ4n) is 9.72. The van der Waals surface area contributed by atoms with Crippen molar-refractivity contribution in [3.8, 4) is 0 Å². The molecule has 63 heavy (non-hydrogen) atoms. The van der Waals surface area contributed by atoms with E-state index < -0.39 is 65.0 Å². The largest absolute Gasteiger partial charge is 0.463 e. The van der Waals surface area contributed by atoms with Gasteiger partial charge in [-0.05, 0) is 70.1 Å². The number of esters is 2. The number of H-pyrrole nitrogens is 1.